The highest BCUT2D eigenvalue weighted by Gasteiger charge is 2.42. The summed E-state index contributed by atoms with van der Waals surface area (Å²) in [6.07, 6.45) is 0.596. The molecule has 1 aromatic carbocycles. The van der Waals surface area contributed by atoms with E-state index < -0.39 is 0 Å². The number of amides is 1. The lowest BCUT2D eigenvalue weighted by Gasteiger charge is -2.29. The van der Waals surface area contributed by atoms with Crippen molar-refractivity contribution in [2.75, 3.05) is 0 Å². The van der Waals surface area contributed by atoms with E-state index in [-0.39, 0.29) is 17.4 Å². The van der Waals surface area contributed by atoms with Crippen LogP contribution in [-0.4, -0.2) is 11.9 Å². The first-order valence-electron chi connectivity index (χ1n) is 5.39. The summed E-state index contributed by atoms with van der Waals surface area (Å²) in [6, 6.07) is 8.54. The molecule has 1 heterocycles. The Kier molecular flexibility index (Phi) is 2.29. The van der Waals surface area contributed by atoms with Gasteiger partial charge in [-0.15, -0.1) is 0 Å². The molecule has 0 spiro atoms. The summed E-state index contributed by atoms with van der Waals surface area (Å²) >= 11 is 0. The van der Waals surface area contributed by atoms with Gasteiger partial charge in [0.15, 0.2) is 0 Å². The van der Waals surface area contributed by atoms with Crippen molar-refractivity contribution in [3.63, 3.8) is 0 Å². The van der Waals surface area contributed by atoms with Gasteiger partial charge in [0.25, 0.3) is 0 Å². The minimum Gasteiger partial charge on any atom is -0.353 e. The lowest BCUT2D eigenvalue weighted by atomic mass is 9.75. The Balaban J connectivity index is 2.46. The number of benzene rings is 1. The van der Waals surface area contributed by atoms with Gasteiger partial charge in [0, 0.05) is 17.9 Å². The minimum atomic E-state index is -0.0531. The first-order valence-corrected chi connectivity index (χ1v) is 5.39. The van der Waals surface area contributed by atoms with Gasteiger partial charge in [-0.25, -0.2) is 0 Å². The largest absolute Gasteiger partial charge is 0.353 e. The second-order valence-corrected chi connectivity index (χ2v) is 4.70. The molecule has 1 aliphatic heterocycles. The Hall–Kier alpha value is -1.31. The zero-order valence-electron chi connectivity index (χ0n) is 9.50. The second kappa shape index (κ2) is 3.37. The van der Waals surface area contributed by atoms with Crippen LogP contribution in [0.25, 0.3) is 0 Å². The maximum Gasteiger partial charge on any atom is 0.221 e. The number of hydrogen-bond donors (Lipinski definition) is 1. The van der Waals surface area contributed by atoms with Gasteiger partial charge in [-0.2, -0.15) is 0 Å². The minimum absolute atomic E-state index is 0.0531. The molecule has 2 heteroatoms. The quantitative estimate of drug-likeness (QED) is 0.744. The molecule has 0 bridgehead atoms. The van der Waals surface area contributed by atoms with E-state index in [1.54, 1.807) is 0 Å². The molecule has 2 rings (SSSR count). The summed E-state index contributed by atoms with van der Waals surface area (Å²) in [5, 5.41) is 2.99. The molecule has 2 atom stereocenters. The molecule has 2 unspecified atom stereocenters. The molecule has 1 fully saturated rings. The van der Waals surface area contributed by atoms with Crippen molar-refractivity contribution in [1.82, 2.24) is 5.32 Å². The van der Waals surface area contributed by atoms with Gasteiger partial charge in [0.2, 0.25) is 5.91 Å². The predicted molar refractivity (Wildman–Crippen MR) is 60.8 cm³/mol. The van der Waals surface area contributed by atoms with Crippen LogP contribution < -0.4 is 5.32 Å². The normalized spacial score (nSPS) is 30.3. The highest BCUT2D eigenvalue weighted by Crippen LogP contribution is 2.36. The van der Waals surface area contributed by atoms with Gasteiger partial charge in [-0.3, -0.25) is 4.79 Å². The molecule has 0 aromatic heterocycles. The zero-order valence-corrected chi connectivity index (χ0v) is 9.50. The van der Waals surface area contributed by atoms with Crippen molar-refractivity contribution in [1.29, 1.82) is 0 Å². The van der Waals surface area contributed by atoms with Gasteiger partial charge in [-0.05, 0) is 25.0 Å². The average Bonchev–Trinajstić information content (AvgIpc) is 2.42. The summed E-state index contributed by atoms with van der Waals surface area (Å²) in [6.45, 7) is 6.35. The summed E-state index contributed by atoms with van der Waals surface area (Å²) in [4.78, 5) is 11.4. The average molecular weight is 203 g/mol. The molecule has 2 nitrogen and oxygen atoms in total. The van der Waals surface area contributed by atoms with Crippen LogP contribution in [0.3, 0.4) is 0 Å². The molecule has 1 aliphatic rings. The molecule has 1 N–H and O–H groups in total. The molecule has 15 heavy (non-hydrogen) atoms. The van der Waals surface area contributed by atoms with Gasteiger partial charge in [0.05, 0.1) is 0 Å². The van der Waals surface area contributed by atoms with Crippen LogP contribution in [0.1, 0.15) is 31.4 Å². The fourth-order valence-corrected chi connectivity index (χ4v) is 2.48. The molecule has 1 saturated heterocycles. The molecule has 0 saturated carbocycles. The van der Waals surface area contributed by atoms with E-state index in [0.29, 0.717) is 6.42 Å². The van der Waals surface area contributed by atoms with E-state index in [1.165, 1.54) is 11.1 Å². The standard InChI is InChI=1S/C13H17NO/c1-9-6-4-5-7-11(9)13(3)8-12(15)14-10(13)2/h4-7,10H,8H2,1-3H3,(H,14,15). The van der Waals surface area contributed by atoms with Crippen LogP contribution >= 0.6 is 0 Å². The monoisotopic (exact) mass is 203 g/mol. The van der Waals surface area contributed by atoms with Crippen LogP contribution in [0.4, 0.5) is 0 Å². The molecular weight excluding hydrogens is 186 g/mol. The number of hydrogen-bond acceptors (Lipinski definition) is 1. The van der Waals surface area contributed by atoms with Gasteiger partial charge >= 0.3 is 0 Å². The second-order valence-electron chi connectivity index (χ2n) is 4.70. The maximum absolute atomic E-state index is 11.4. The van der Waals surface area contributed by atoms with E-state index in [4.69, 9.17) is 0 Å². The number of aryl methyl sites for hydroxylation is 1. The molecule has 80 valence electrons. The van der Waals surface area contributed by atoms with Crippen molar-refractivity contribution in [3.05, 3.63) is 35.4 Å². The predicted octanol–water partition coefficient (Wildman–Crippen LogP) is 2.16. The van der Waals surface area contributed by atoms with E-state index >= 15 is 0 Å². The van der Waals surface area contributed by atoms with E-state index in [1.807, 2.05) is 12.1 Å². The Labute approximate surface area is 90.7 Å². The van der Waals surface area contributed by atoms with Crippen molar-refractivity contribution in [2.24, 2.45) is 0 Å². The van der Waals surface area contributed by atoms with Crippen molar-refractivity contribution in [3.8, 4) is 0 Å². The third-order valence-corrected chi connectivity index (χ3v) is 3.62. The fourth-order valence-electron chi connectivity index (χ4n) is 2.48. The van der Waals surface area contributed by atoms with E-state index in [2.05, 4.69) is 38.2 Å². The van der Waals surface area contributed by atoms with E-state index in [9.17, 15) is 4.79 Å². The van der Waals surface area contributed by atoms with Crippen molar-refractivity contribution < 1.29 is 4.79 Å². The molecule has 1 amide bonds. The fraction of sp³-hybridized carbons (Fsp3) is 0.462. The number of rotatable bonds is 1. The molecule has 0 radical (unpaired) electrons. The lowest BCUT2D eigenvalue weighted by molar-refractivity contribution is -0.119. The Bertz CT molecular complexity index is 399. The van der Waals surface area contributed by atoms with Crippen LogP contribution in [0.15, 0.2) is 24.3 Å². The SMILES string of the molecule is Cc1ccccc1C1(C)CC(=O)NC1C. The Morgan fingerprint density at radius 2 is 2.07 bits per heavy atom. The van der Waals surface area contributed by atoms with Gasteiger partial charge < -0.3 is 5.32 Å². The first-order chi connectivity index (χ1) is 7.04. The maximum atomic E-state index is 11.4. The van der Waals surface area contributed by atoms with E-state index in [0.717, 1.165) is 0 Å². The third-order valence-electron chi connectivity index (χ3n) is 3.62. The summed E-state index contributed by atoms with van der Waals surface area (Å²) in [5.41, 5.74) is 2.50. The molecular formula is C13H17NO. The van der Waals surface area contributed by atoms with Gasteiger partial charge in [0.1, 0.15) is 0 Å². The zero-order chi connectivity index (χ0) is 11.1. The highest BCUT2D eigenvalue weighted by atomic mass is 16.2. The highest BCUT2D eigenvalue weighted by molar-refractivity contribution is 5.81. The lowest BCUT2D eigenvalue weighted by Crippen LogP contribution is -2.36. The topological polar surface area (TPSA) is 29.1 Å². The summed E-state index contributed by atoms with van der Waals surface area (Å²) < 4.78 is 0. The van der Waals surface area contributed by atoms with Crippen molar-refractivity contribution >= 4 is 5.91 Å². The van der Waals surface area contributed by atoms with Gasteiger partial charge in [-0.1, -0.05) is 31.2 Å². The summed E-state index contributed by atoms with van der Waals surface area (Å²) in [5.74, 6) is 0.160. The van der Waals surface area contributed by atoms with Crippen LogP contribution in [-0.2, 0) is 10.2 Å². The third kappa shape index (κ3) is 1.54. The number of carbonyl (C=O) groups is 1. The van der Waals surface area contributed by atoms with Crippen LogP contribution in [0.5, 0.6) is 0 Å². The van der Waals surface area contributed by atoms with Crippen molar-refractivity contribution in [2.45, 2.75) is 38.6 Å². The number of nitrogens with one attached hydrogen (secondary N) is 1. The summed E-state index contributed by atoms with van der Waals surface area (Å²) in [7, 11) is 0. The van der Waals surface area contributed by atoms with Crippen LogP contribution in [0.2, 0.25) is 0 Å². The smallest absolute Gasteiger partial charge is 0.221 e. The first kappa shape index (κ1) is 10.2. The molecule has 0 aliphatic carbocycles. The van der Waals surface area contributed by atoms with Crippen LogP contribution in [0, 0.1) is 6.92 Å². The molecule has 1 aromatic rings. The Morgan fingerprint density at radius 3 is 2.60 bits per heavy atom. The Morgan fingerprint density at radius 1 is 1.40 bits per heavy atom. The number of carbonyl (C=O) groups excluding carboxylic acids is 1.